The molecule has 3 rings (SSSR count). The number of nitrogens with zero attached hydrogens (tertiary/aromatic N) is 1. The summed E-state index contributed by atoms with van der Waals surface area (Å²) in [5, 5.41) is 15.8. The van der Waals surface area contributed by atoms with Crippen molar-refractivity contribution in [2.24, 2.45) is 5.10 Å². The van der Waals surface area contributed by atoms with Crippen molar-refractivity contribution >= 4 is 22.9 Å². The molecular formula is C21H20N2O3. The number of phenolic OH excluding ortho intramolecular Hbond substituents is 1. The number of benzene rings is 3. The molecule has 0 aliphatic carbocycles. The van der Waals surface area contributed by atoms with Crippen LogP contribution in [0.3, 0.4) is 0 Å². The minimum Gasteiger partial charge on any atom is -0.507 e. The largest absolute Gasteiger partial charge is 0.507 e. The van der Waals surface area contributed by atoms with Gasteiger partial charge in [0.25, 0.3) is 5.91 Å². The van der Waals surface area contributed by atoms with Crippen molar-refractivity contribution in [3.8, 4) is 11.5 Å². The fourth-order valence-corrected chi connectivity index (χ4v) is 2.53. The van der Waals surface area contributed by atoms with E-state index >= 15 is 0 Å². The minimum absolute atomic E-state index is 0.132. The van der Waals surface area contributed by atoms with Crippen molar-refractivity contribution in [2.75, 3.05) is 6.61 Å². The highest BCUT2D eigenvalue weighted by atomic mass is 16.5. The number of phenols is 1. The van der Waals surface area contributed by atoms with E-state index in [0.29, 0.717) is 11.3 Å². The summed E-state index contributed by atoms with van der Waals surface area (Å²) >= 11 is 0. The summed E-state index contributed by atoms with van der Waals surface area (Å²) in [6.45, 7) is 3.87. The number of hydrogen-bond acceptors (Lipinski definition) is 4. The van der Waals surface area contributed by atoms with Crippen LogP contribution in [-0.4, -0.2) is 23.8 Å². The monoisotopic (exact) mass is 348 g/mol. The van der Waals surface area contributed by atoms with Gasteiger partial charge < -0.3 is 9.84 Å². The molecule has 1 amide bonds. The van der Waals surface area contributed by atoms with Crippen LogP contribution in [0.4, 0.5) is 0 Å². The molecule has 0 spiro atoms. The quantitative estimate of drug-likeness (QED) is 0.546. The molecule has 0 saturated heterocycles. The molecule has 0 unspecified atom stereocenters. The normalized spacial score (nSPS) is 11.0. The van der Waals surface area contributed by atoms with Crippen LogP contribution in [0.5, 0.6) is 11.5 Å². The summed E-state index contributed by atoms with van der Waals surface area (Å²) in [6, 6.07) is 16.8. The molecule has 0 saturated carbocycles. The first kappa shape index (κ1) is 17.5. The number of hydrazone groups is 1. The Morgan fingerprint density at radius 1 is 1.12 bits per heavy atom. The van der Waals surface area contributed by atoms with Gasteiger partial charge in [0, 0.05) is 10.9 Å². The third-order valence-electron chi connectivity index (χ3n) is 4.17. The minimum atomic E-state index is -0.375. The number of ether oxygens (including phenoxy) is 1. The topological polar surface area (TPSA) is 70.9 Å². The molecule has 0 aliphatic rings. The highest BCUT2D eigenvalue weighted by Gasteiger charge is 2.05. The van der Waals surface area contributed by atoms with E-state index < -0.39 is 0 Å². The molecule has 26 heavy (non-hydrogen) atoms. The molecule has 5 nitrogen and oxygen atoms in total. The number of aromatic hydroxyl groups is 1. The van der Waals surface area contributed by atoms with E-state index in [4.69, 9.17) is 4.74 Å². The maximum Gasteiger partial charge on any atom is 0.277 e. The fourth-order valence-electron chi connectivity index (χ4n) is 2.53. The van der Waals surface area contributed by atoms with Gasteiger partial charge in [-0.05, 0) is 48.6 Å². The van der Waals surface area contributed by atoms with Crippen molar-refractivity contribution < 1.29 is 14.6 Å². The SMILES string of the molecule is Cc1ccc(OCC(=O)N/N=C/c2ccc3ccccc3c2O)cc1C. The van der Waals surface area contributed by atoms with Crippen LogP contribution in [0.1, 0.15) is 16.7 Å². The molecule has 3 aromatic rings. The van der Waals surface area contributed by atoms with Crippen LogP contribution in [0.2, 0.25) is 0 Å². The van der Waals surface area contributed by atoms with Gasteiger partial charge in [0.1, 0.15) is 11.5 Å². The molecule has 5 heteroatoms. The van der Waals surface area contributed by atoms with E-state index in [2.05, 4.69) is 10.5 Å². The Kier molecular flexibility index (Phi) is 5.17. The summed E-state index contributed by atoms with van der Waals surface area (Å²) in [7, 11) is 0. The second kappa shape index (κ2) is 7.70. The van der Waals surface area contributed by atoms with E-state index in [9.17, 15) is 9.90 Å². The Labute approximate surface area is 151 Å². The zero-order chi connectivity index (χ0) is 18.5. The van der Waals surface area contributed by atoms with Gasteiger partial charge >= 0.3 is 0 Å². The Hall–Kier alpha value is -3.34. The molecule has 2 N–H and O–H groups in total. The molecule has 0 atom stereocenters. The number of carbonyl (C=O) groups excluding carboxylic acids is 1. The second-order valence-electron chi connectivity index (χ2n) is 6.05. The average molecular weight is 348 g/mol. The van der Waals surface area contributed by atoms with E-state index in [1.807, 2.05) is 62.4 Å². The van der Waals surface area contributed by atoms with Crippen molar-refractivity contribution in [1.82, 2.24) is 5.43 Å². The van der Waals surface area contributed by atoms with Gasteiger partial charge in [0.15, 0.2) is 6.61 Å². The number of fused-ring (bicyclic) bond motifs is 1. The van der Waals surface area contributed by atoms with Gasteiger partial charge in [-0.15, -0.1) is 0 Å². The molecule has 0 aromatic heterocycles. The third kappa shape index (κ3) is 4.00. The van der Waals surface area contributed by atoms with Gasteiger partial charge in [-0.2, -0.15) is 5.10 Å². The Morgan fingerprint density at radius 3 is 2.73 bits per heavy atom. The van der Waals surface area contributed by atoms with Gasteiger partial charge in [-0.25, -0.2) is 5.43 Å². The maximum absolute atomic E-state index is 11.8. The first-order chi connectivity index (χ1) is 12.5. The molecule has 0 heterocycles. The van der Waals surface area contributed by atoms with Crippen LogP contribution < -0.4 is 10.2 Å². The molecule has 0 fully saturated rings. The summed E-state index contributed by atoms with van der Waals surface area (Å²) in [5.74, 6) is 0.395. The molecule has 132 valence electrons. The lowest BCUT2D eigenvalue weighted by molar-refractivity contribution is -0.123. The number of hydrogen-bond donors (Lipinski definition) is 2. The number of aryl methyl sites for hydroxylation is 2. The smallest absolute Gasteiger partial charge is 0.277 e. The Morgan fingerprint density at radius 2 is 1.92 bits per heavy atom. The summed E-state index contributed by atoms with van der Waals surface area (Å²) in [4.78, 5) is 11.8. The van der Waals surface area contributed by atoms with Crippen LogP contribution in [0.25, 0.3) is 10.8 Å². The van der Waals surface area contributed by atoms with Gasteiger partial charge in [-0.1, -0.05) is 36.4 Å². The number of carbonyl (C=O) groups is 1. The van der Waals surface area contributed by atoms with Crippen molar-refractivity contribution in [3.63, 3.8) is 0 Å². The molecular weight excluding hydrogens is 328 g/mol. The third-order valence-corrected chi connectivity index (χ3v) is 4.17. The average Bonchev–Trinajstić information content (AvgIpc) is 2.65. The fraction of sp³-hybridized carbons (Fsp3) is 0.143. The zero-order valence-corrected chi connectivity index (χ0v) is 14.7. The summed E-state index contributed by atoms with van der Waals surface area (Å²) in [5.41, 5.74) is 5.20. The lowest BCUT2D eigenvalue weighted by atomic mass is 10.1. The van der Waals surface area contributed by atoms with E-state index in [1.54, 1.807) is 6.07 Å². The van der Waals surface area contributed by atoms with Gasteiger partial charge in [-0.3, -0.25) is 4.79 Å². The molecule has 0 radical (unpaired) electrons. The van der Waals surface area contributed by atoms with Crippen LogP contribution >= 0.6 is 0 Å². The predicted octanol–water partition coefficient (Wildman–Crippen LogP) is 3.69. The molecule has 0 aliphatic heterocycles. The number of rotatable bonds is 5. The standard InChI is InChI=1S/C21H20N2O3/c1-14-7-10-18(11-15(14)2)26-13-20(24)23-22-12-17-9-8-16-5-3-4-6-19(16)21(17)25/h3-12,25H,13H2,1-2H3,(H,23,24)/b22-12+. The van der Waals surface area contributed by atoms with Crippen LogP contribution in [0, 0.1) is 13.8 Å². The highest BCUT2D eigenvalue weighted by Crippen LogP contribution is 2.27. The highest BCUT2D eigenvalue weighted by molar-refractivity contribution is 5.97. The van der Waals surface area contributed by atoms with Crippen molar-refractivity contribution in [1.29, 1.82) is 0 Å². The van der Waals surface area contributed by atoms with Gasteiger partial charge in [0.05, 0.1) is 6.21 Å². The molecule has 3 aromatic carbocycles. The lowest BCUT2D eigenvalue weighted by Crippen LogP contribution is -2.24. The predicted molar refractivity (Wildman–Crippen MR) is 103 cm³/mol. The van der Waals surface area contributed by atoms with Crippen LogP contribution in [0.15, 0.2) is 59.7 Å². The second-order valence-corrected chi connectivity index (χ2v) is 6.05. The van der Waals surface area contributed by atoms with Crippen LogP contribution in [-0.2, 0) is 4.79 Å². The zero-order valence-electron chi connectivity index (χ0n) is 14.7. The van der Waals surface area contributed by atoms with Crippen molar-refractivity contribution in [2.45, 2.75) is 13.8 Å². The first-order valence-electron chi connectivity index (χ1n) is 8.27. The summed E-state index contributed by atoms with van der Waals surface area (Å²) in [6.07, 6.45) is 1.41. The lowest BCUT2D eigenvalue weighted by Gasteiger charge is -2.07. The first-order valence-corrected chi connectivity index (χ1v) is 8.27. The number of amides is 1. The van der Waals surface area contributed by atoms with Gasteiger partial charge in [0.2, 0.25) is 0 Å². The maximum atomic E-state index is 11.8. The Balaban J connectivity index is 1.59. The van der Waals surface area contributed by atoms with E-state index in [0.717, 1.165) is 16.3 Å². The van der Waals surface area contributed by atoms with Crippen molar-refractivity contribution in [3.05, 3.63) is 71.3 Å². The number of nitrogens with one attached hydrogen (secondary N) is 1. The molecule has 0 bridgehead atoms. The van der Waals surface area contributed by atoms with E-state index in [1.165, 1.54) is 11.8 Å². The van der Waals surface area contributed by atoms with E-state index in [-0.39, 0.29) is 18.3 Å². The summed E-state index contributed by atoms with van der Waals surface area (Å²) < 4.78 is 5.45. The Bertz CT molecular complexity index is 980.